The van der Waals surface area contributed by atoms with E-state index in [1.165, 1.54) is 5.56 Å². The molecule has 0 saturated carbocycles. The molecule has 0 radical (unpaired) electrons. The van der Waals surface area contributed by atoms with Gasteiger partial charge < -0.3 is 10.1 Å². The highest BCUT2D eigenvalue weighted by atomic mass is 32.1. The summed E-state index contributed by atoms with van der Waals surface area (Å²) in [7, 11) is 0. The van der Waals surface area contributed by atoms with Crippen molar-refractivity contribution in [3.63, 3.8) is 0 Å². The molecule has 1 atom stereocenters. The SMILES string of the molecule is CCC(OC(=O)c1cccc2cccc(-c3nc4ccccc4s3)c12)C(=O)Nc1ccc(C(C)C)cc1. The van der Waals surface area contributed by atoms with Gasteiger partial charge in [-0.2, -0.15) is 0 Å². The van der Waals surface area contributed by atoms with E-state index < -0.39 is 12.1 Å². The zero-order valence-corrected chi connectivity index (χ0v) is 21.8. The highest BCUT2D eigenvalue weighted by Gasteiger charge is 2.24. The van der Waals surface area contributed by atoms with Gasteiger partial charge in [0.2, 0.25) is 0 Å². The number of carbonyl (C=O) groups excluding carboxylic acids is 2. The molecule has 0 saturated heterocycles. The van der Waals surface area contributed by atoms with Crippen LogP contribution in [0.5, 0.6) is 0 Å². The van der Waals surface area contributed by atoms with Gasteiger partial charge in [-0.3, -0.25) is 4.79 Å². The number of nitrogens with one attached hydrogen (secondary N) is 1. The number of aromatic nitrogens is 1. The zero-order valence-electron chi connectivity index (χ0n) is 21.0. The Hall–Kier alpha value is -4.03. The molecule has 0 aliphatic heterocycles. The Morgan fingerprint density at radius 2 is 1.65 bits per heavy atom. The van der Waals surface area contributed by atoms with E-state index in [1.807, 2.05) is 85.8 Å². The molecular weight excluding hydrogens is 480 g/mol. The summed E-state index contributed by atoms with van der Waals surface area (Å²) in [6.45, 7) is 6.07. The Bertz CT molecular complexity index is 1550. The smallest absolute Gasteiger partial charge is 0.339 e. The van der Waals surface area contributed by atoms with Crippen LogP contribution in [0.2, 0.25) is 0 Å². The standard InChI is InChI=1S/C31H28N2O3S/c1-4-26(29(34)32-22-17-15-20(16-18-22)19(2)3)36-31(35)24-12-8-10-21-9-7-11-23(28(21)24)30-33-25-13-5-6-14-27(25)37-30/h5-19,26H,4H2,1-3H3,(H,32,34). The fourth-order valence-corrected chi connectivity index (χ4v) is 5.36. The molecule has 6 heteroatoms. The maximum absolute atomic E-state index is 13.4. The summed E-state index contributed by atoms with van der Waals surface area (Å²) >= 11 is 1.59. The van der Waals surface area contributed by atoms with E-state index in [2.05, 4.69) is 19.2 Å². The van der Waals surface area contributed by atoms with E-state index >= 15 is 0 Å². The summed E-state index contributed by atoms with van der Waals surface area (Å²) < 4.78 is 6.85. The molecule has 0 aliphatic rings. The summed E-state index contributed by atoms with van der Waals surface area (Å²) in [5, 5.41) is 5.40. The van der Waals surface area contributed by atoms with Crippen LogP contribution >= 0.6 is 11.3 Å². The number of amides is 1. The van der Waals surface area contributed by atoms with E-state index in [0.717, 1.165) is 31.6 Å². The Kier molecular flexibility index (Phi) is 7.01. The van der Waals surface area contributed by atoms with E-state index in [1.54, 1.807) is 17.4 Å². The maximum Gasteiger partial charge on any atom is 0.339 e. The second-order valence-electron chi connectivity index (χ2n) is 9.26. The van der Waals surface area contributed by atoms with Crippen molar-refractivity contribution in [3.8, 4) is 10.6 Å². The number of para-hydroxylation sites is 1. The van der Waals surface area contributed by atoms with Crippen molar-refractivity contribution < 1.29 is 14.3 Å². The molecule has 1 amide bonds. The van der Waals surface area contributed by atoms with Gasteiger partial charge in [0.15, 0.2) is 6.10 Å². The summed E-state index contributed by atoms with van der Waals surface area (Å²) in [4.78, 5) is 31.2. The quantitative estimate of drug-likeness (QED) is 0.228. The van der Waals surface area contributed by atoms with Crippen molar-refractivity contribution in [2.45, 2.75) is 39.2 Å². The molecule has 37 heavy (non-hydrogen) atoms. The predicted molar refractivity (Wildman–Crippen MR) is 151 cm³/mol. The lowest BCUT2D eigenvalue weighted by molar-refractivity contribution is -0.124. The van der Waals surface area contributed by atoms with Crippen molar-refractivity contribution in [1.29, 1.82) is 0 Å². The Balaban J connectivity index is 1.43. The number of esters is 1. The molecule has 5 aromatic rings. The molecule has 186 valence electrons. The van der Waals surface area contributed by atoms with Gasteiger partial charge in [-0.25, -0.2) is 9.78 Å². The normalized spacial score (nSPS) is 12.1. The van der Waals surface area contributed by atoms with Gasteiger partial charge in [-0.05, 0) is 53.6 Å². The first-order valence-corrected chi connectivity index (χ1v) is 13.3. The number of carbonyl (C=O) groups is 2. The number of hydrogen-bond donors (Lipinski definition) is 1. The van der Waals surface area contributed by atoms with E-state index in [0.29, 0.717) is 23.6 Å². The summed E-state index contributed by atoms with van der Waals surface area (Å²) in [6.07, 6.45) is -0.556. The van der Waals surface area contributed by atoms with Crippen molar-refractivity contribution in [1.82, 2.24) is 4.98 Å². The Labute approximate surface area is 220 Å². The average Bonchev–Trinajstić information content (AvgIpc) is 3.35. The first-order chi connectivity index (χ1) is 17.9. The topological polar surface area (TPSA) is 68.3 Å². The number of benzene rings is 4. The molecule has 0 aliphatic carbocycles. The van der Waals surface area contributed by atoms with Gasteiger partial charge >= 0.3 is 5.97 Å². The molecule has 0 fully saturated rings. The lowest BCUT2D eigenvalue weighted by Crippen LogP contribution is -2.32. The van der Waals surface area contributed by atoms with E-state index in [4.69, 9.17) is 9.72 Å². The minimum Gasteiger partial charge on any atom is -0.449 e. The van der Waals surface area contributed by atoms with E-state index in [-0.39, 0.29) is 5.91 Å². The lowest BCUT2D eigenvalue weighted by Gasteiger charge is -2.17. The summed E-state index contributed by atoms with van der Waals surface area (Å²) in [6, 6.07) is 27.2. The number of thiazole rings is 1. The molecule has 1 N–H and O–H groups in total. The molecule has 5 nitrogen and oxygen atoms in total. The molecule has 0 spiro atoms. The monoisotopic (exact) mass is 508 g/mol. The van der Waals surface area contributed by atoms with Gasteiger partial charge in [0.1, 0.15) is 5.01 Å². The molecular formula is C31H28N2O3S. The van der Waals surface area contributed by atoms with Crippen LogP contribution in [-0.4, -0.2) is 23.0 Å². The fraction of sp³-hybridized carbons (Fsp3) is 0.194. The zero-order chi connectivity index (χ0) is 25.9. The third-order valence-electron chi connectivity index (χ3n) is 6.41. The molecule has 0 bridgehead atoms. The van der Waals surface area contributed by atoms with Gasteiger partial charge in [0, 0.05) is 16.6 Å². The van der Waals surface area contributed by atoms with Gasteiger partial charge in [0.25, 0.3) is 5.91 Å². The van der Waals surface area contributed by atoms with Crippen LogP contribution in [0.25, 0.3) is 31.6 Å². The number of nitrogens with zero attached hydrogens (tertiary/aromatic N) is 1. The van der Waals surface area contributed by atoms with Crippen LogP contribution < -0.4 is 5.32 Å². The average molecular weight is 509 g/mol. The van der Waals surface area contributed by atoms with Crippen LogP contribution in [-0.2, 0) is 9.53 Å². The first-order valence-electron chi connectivity index (χ1n) is 12.4. The van der Waals surface area contributed by atoms with Crippen LogP contribution in [0.1, 0.15) is 49.0 Å². The van der Waals surface area contributed by atoms with Crippen molar-refractivity contribution >= 4 is 49.9 Å². The largest absolute Gasteiger partial charge is 0.449 e. The number of rotatable bonds is 7. The summed E-state index contributed by atoms with van der Waals surface area (Å²) in [5.41, 5.74) is 4.07. The number of hydrogen-bond acceptors (Lipinski definition) is 5. The number of ether oxygens (including phenoxy) is 1. The third-order valence-corrected chi connectivity index (χ3v) is 7.48. The lowest BCUT2D eigenvalue weighted by atomic mass is 9.99. The molecule has 1 unspecified atom stereocenters. The van der Waals surface area contributed by atoms with Crippen molar-refractivity contribution in [2.75, 3.05) is 5.32 Å². The molecule has 1 aromatic heterocycles. The Morgan fingerprint density at radius 3 is 2.35 bits per heavy atom. The van der Waals surface area contributed by atoms with E-state index in [9.17, 15) is 9.59 Å². The minimum absolute atomic E-state index is 0.347. The van der Waals surface area contributed by atoms with Crippen LogP contribution in [0.4, 0.5) is 5.69 Å². The molecule has 4 aromatic carbocycles. The fourth-order valence-electron chi connectivity index (χ4n) is 4.37. The molecule has 5 rings (SSSR count). The van der Waals surface area contributed by atoms with Gasteiger partial charge in [-0.15, -0.1) is 11.3 Å². The van der Waals surface area contributed by atoms with Crippen molar-refractivity contribution in [3.05, 3.63) is 96.1 Å². The van der Waals surface area contributed by atoms with Crippen LogP contribution in [0.15, 0.2) is 84.9 Å². The maximum atomic E-state index is 13.4. The second-order valence-corrected chi connectivity index (χ2v) is 10.3. The molecule has 1 heterocycles. The van der Waals surface area contributed by atoms with Crippen LogP contribution in [0, 0.1) is 0 Å². The summed E-state index contributed by atoms with van der Waals surface area (Å²) in [5.74, 6) is -0.474. The number of anilines is 1. The van der Waals surface area contributed by atoms with Gasteiger partial charge in [-0.1, -0.05) is 75.4 Å². The first kappa shape index (κ1) is 24.7. The highest BCUT2D eigenvalue weighted by Crippen LogP contribution is 2.36. The predicted octanol–water partition coefficient (Wildman–Crippen LogP) is 7.81. The minimum atomic E-state index is -0.915. The number of fused-ring (bicyclic) bond motifs is 2. The van der Waals surface area contributed by atoms with Gasteiger partial charge in [0.05, 0.1) is 15.8 Å². The van der Waals surface area contributed by atoms with Crippen LogP contribution in [0.3, 0.4) is 0 Å². The second kappa shape index (κ2) is 10.5. The van der Waals surface area contributed by atoms with Crippen molar-refractivity contribution in [2.24, 2.45) is 0 Å². The highest BCUT2D eigenvalue weighted by molar-refractivity contribution is 7.21. The third kappa shape index (κ3) is 5.11. The Morgan fingerprint density at radius 1 is 0.919 bits per heavy atom.